The monoisotopic (exact) mass is 249 g/mol. The van der Waals surface area contributed by atoms with Crippen LogP contribution in [0, 0.1) is 20.8 Å². The van der Waals surface area contributed by atoms with Crippen molar-refractivity contribution in [1.29, 1.82) is 0 Å². The van der Waals surface area contributed by atoms with E-state index in [1.807, 2.05) is 13.8 Å². The number of rotatable bonds is 4. The zero-order valence-corrected chi connectivity index (χ0v) is 10.6. The minimum atomic E-state index is -0.310. The van der Waals surface area contributed by atoms with Gasteiger partial charge in [-0.25, -0.2) is 4.98 Å². The van der Waals surface area contributed by atoms with Crippen LogP contribution in [0.4, 0.5) is 0 Å². The Bertz CT molecular complexity index is 537. The Morgan fingerprint density at radius 3 is 2.72 bits per heavy atom. The van der Waals surface area contributed by atoms with Crippen molar-refractivity contribution in [2.24, 2.45) is 0 Å². The number of aryl methyl sites for hydroxylation is 3. The predicted octanol–water partition coefficient (Wildman–Crippen LogP) is 1.56. The van der Waals surface area contributed by atoms with Crippen LogP contribution in [0.5, 0.6) is 0 Å². The van der Waals surface area contributed by atoms with E-state index in [4.69, 9.17) is 8.94 Å². The average Bonchev–Trinajstić information content (AvgIpc) is 2.89. The van der Waals surface area contributed by atoms with E-state index in [0.717, 1.165) is 17.0 Å². The molecule has 0 spiro atoms. The number of aromatic nitrogens is 2. The molecule has 1 amide bonds. The normalized spacial score (nSPS) is 10.6. The molecule has 2 rings (SSSR count). The van der Waals surface area contributed by atoms with Crippen molar-refractivity contribution in [3.63, 3.8) is 0 Å². The molecule has 0 aliphatic heterocycles. The highest BCUT2D eigenvalue weighted by molar-refractivity contribution is 5.89. The largest absolute Gasteiger partial charge is 0.438 e. The first-order valence-electron chi connectivity index (χ1n) is 5.70. The first kappa shape index (κ1) is 12.3. The molecule has 0 bridgehead atoms. The number of nitrogens with zero attached hydrogens (tertiary/aromatic N) is 2. The first-order valence-corrected chi connectivity index (χ1v) is 5.70. The molecule has 2 aromatic rings. The summed E-state index contributed by atoms with van der Waals surface area (Å²) in [5.74, 6) is 1.18. The molecule has 0 saturated heterocycles. The molecule has 1 N–H and O–H groups in total. The molecule has 6 heteroatoms. The zero-order chi connectivity index (χ0) is 13.1. The molecular weight excluding hydrogens is 234 g/mol. The van der Waals surface area contributed by atoms with Gasteiger partial charge in [0.05, 0.1) is 11.9 Å². The number of carbonyl (C=O) groups excluding carboxylic acids is 1. The third-order valence-electron chi connectivity index (χ3n) is 2.66. The third kappa shape index (κ3) is 2.58. The molecule has 0 atom stereocenters. The SMILES string of the molecule is Cc1cnc(C(=O)NCCc2c(C)noc2C)o1. The van der Waals surface area contributed by atoms with E-state index in [1.54, 1.807) is 6.92 Å². The van der Waals surface area contributed by atoms with E-state index in [1.165, 1.54) is 6.20 Å². The van der Waals surface area contributed by atoms with Crippen LogP contribution in [-0.4, -0.2) is 22.6 Å². The highest BCUT2D eigenvalue weighted by Crippen LogP contribution is 2.12. The fourth-order valence-electron chi connectivity index (χ4n) is 1.70. The summed E-state index contributed by atoms with van der Waals surface area (Å²) < 4.78 is 10.2. The summed E-state index contributed by atoms with van der Waals surface area (Å²) in [6, 6.07) is 0. The van der Waals surface area contributed by atoms with Crippen LogP contribution in [0.2, 0.25) is 0 Å². The Hall–Kier alpha value is -2.11. The minimum absolute atomic E-state index is 0.0891. The molecule has 0 aromatic carbocycles. The maximum absolute atomic E-state index is 11.6. The van der Waals surface area contributed by atoms with E-state index in [-0.39, 0.29) is 11.8 Å². The summed E-state index contributed by atoms with van der Waals surface area (Å²) in [6.45, 7) is 5.97. The molecule has 18 heavy (non-hydrogen) atoms. The molecule has 0 saturated carbocycles. The van der Waals surface area contributed by atoms with E-state index >= 15 is 0 Å². The maximum atomic E-state index is 11.6. The zero-order valence-electron chi connectivity index (χ0n) is 10.6. The van der Waals surface area contributed by atoms with Crippen LogP contribution in [0.1, 0.15) is 33.5 Å². The molecule has 2 heterocycles. The van der Waals surface area contributed by atoms with Crippen LogP contribution in [0.25, 0.3) is 0 Å². The van der Waals surface area contributed by atoms with Crippen molar-refractivity contribution in [2.75, 3.05) is 6.54 Å². The van der Waals surface area contributed by atoms with Gasteiger partial charge in [0.1, 0.15) is 11.5 Å². The van der Waals surface area contributed by atoms with Gasteiger partial charge in [0, 0.05) is 12.1 Å². The second-order valence-corrected chi connectivity index (χ2v) is 4.08. The number of hydrogen-bond acceptors (Lipinski definition) is 5. The van der Waals surface area contributed by atoms with Crippen LogP contribution in [-0.2, 0) is 6.42 Å². The lowest BCUT2D eigenvalue weighted by atomic mass is 10.1. The Labute approximate surface area is 104 Å². The van der Waals surface area contributed by atoms with E-state index in [2.05, 4.69) is 15.5 Å². The molecule has 0 fully saturated rings. The maximum Gasteiger partial charge on any atom is 0.307 e. The number of hydrogen-bond donors (Lipinski definition) is 1. The van der Waals surface area contributed by atoms with Crippen molar-refractivity contribution in [3.8, 4) is 0 Å². The third-order valence-corrected chi connectivity index (χ3v) is 2.66. The van der Waals surface area contributed by atoms with Crippen molar-refractivity contribution in [2.45, 2.75) is 27.2 Å². The van der Waals surface area contributed by atoms with Gasteiger partial charge in [0.2, 0.25) is 0 Å². The number of carbonyl (C=O) groups is 1. The Kier molecular flexibility index (Phi) is 3.45. The number of amides is 1. The molecule has 0 aliphatic rings. The molecule has 0 unspecified atom stereocenters. The molecule has 6 nitrogen and oxygen atoms in total. The molecular formula is C12H15N3O3. The fourth-order valence-corrected chi connectivity index (χ4v) is 1.70. The smallest absolute Gasteiger partial charge is 0.307 e. The minimum Gasteiger partial charge on any atom is -0.438 e. The van der Waals surface area contributed by atoms with E-state index < -0.39 is 0 Å². The fraction of sp³-hybridized carbons (Fsp3) is 0.417. The summed E-state index contributed by atoms with van der Waals surface area (Å²) in [7, 11) is 0. The molecule has 2 aromatic heterocycles. The highest BCUT2D eigenvalue weighted by atomic mass is 16.5. The van der Waals surface area contributed by atoms with Crippen molar-refractivity contribution in [1.82, 2.24) is 15.5 Å². The summed E-state index contributed by atoms with van der Waals surface area (Å²) >= 11 is 0. The van der Waals surface area contributed by atoms with Gasteiger partial charge in [0.15, 0.2) is 0 Å². The van der Waals surface area contributed by atoms with Gasteiger partial charge in [-0.15, -0.1) is 0 Å². The Balaban J connectivity index is 1.88. The van der Waals surface area contributed by atoms with Crippen LogP contribution < -0.4 is 5.32 Å². The lowest BCUT2D eigenvalue weighted by Gasteiger charge is -2.02. The highest BCUT2D eigenvalue weighted by Gasteiger charge is 2.13. The topological polar surface area (TPSA) is 81.2 Å². The molecule has 96 valence electrons. The van der Waals surface area contributed by atoms with Crippen molar-refractivity contribution < 1.29 is 13.7 Å². The van der Waals surface area contributed by atoms with Gasteiger partial charge in [0.25, 0.3) is 5.89 Å². The van der Waals surface area contributed by atoms with Gasteiger partial charge in [-0.2, -0.15) is 0 Å². The standard InChI is InChI=1S/C12H15N3O3/c1-7-6-14-12(17-7)11(16)13-5-4-10-8(2)15-18-9(10)3/h6H,4-5H2,1-3H3,(H,13,16). The van der Waals surface area contributed by atoms with Gasteiger partial charge in [-0.3, -0.25) is 4.79 Å². The number of nitrogens with one attached hydrogen (secondary N) is 1. The van der Waals surface area contributed by atoms with Gasteiger partial charge >= 0.3 is 5.91 Å². The predicted molar refractivity (Wildman–Crippen MR) is 63.3 cm³/mol. The van der Waals surface area contributed by atoms with Crippen LogP contribution in [0.15, 0.2) is 15.1 Å². The van der Waals surface area contributed by atoms with Crippen LogP contribution >= 0.6 is 0 Å². The Morgan fingerprint density at radius 1 is 1.39 bits per heavy atom. The van der Waals surface area contributed by atoms with Crippen LogP contribution in [0.3, 0.4) is 0 Å². The first-order chi connectivity index (χ1) is 8.58. The summed E-state index contributed by atoms with van der Waals surface area (Å²) in [4.78, 5) is 15.5. The van der Waals surface area contributed by atoms with E-state index in [9.17, 15) is 4.79 Å². The molecule has 0 aliphatic carbocycles. The lowest BCUT2D eigenvalue weighted by Crippen LogP contribution is -2.26. The van der Waals surface area contributed by atoms with E-state index in [0.29, 0.717) is 18.7 Å². The summed E-state index contributed by atoms with van der Waals surface area (Å²) in [5.41, 5.74) is 1.88. The second-order valence-electron chi connectivity index (χ2n) is 4.08. The average molecular weight is 249 g/mol. The van der Waals surface area contributed by atoms with Crippen molar-refractivity contribution >= 4 is 5.91 Å². The number of oxazole rings is 1. The van der Waals surface area contributed by atoms with Crippen molar-refractivity contribution in [3.05, 3.63) is 34.9 Å². The van der Waals surface area contributed by atoms with Gasteiger partial charge < -0.3 is 14.3 Å². The molecule has 0 radical (unpaired) electrons. The lowest BCUT2D eigenvalue weighted by molar-refractivity contribution is 0.0918. The summed E-state index contributed by atoms with van der Waals surface area (Å²) in [5, 5.41) is 6.60. The van der Waals surface area contributed by atoms with Gasteiger partial charge in [-0.05, 0) is 27.2 Å². The Morgan fingerprint density at radius 2 is 2.17 bits per heavy atom. The summed E-state index contributed by atoms with van der Waals surface area (Å²) in [6.07, 6.45) is 2.19. The quantitative estimate of drug-likeness (QED) is 0.889. The second kappa shape index (κ2) is 5.03. The van der Waals surface area contributed by atoms with Gasteiger partial charge in [-0.1, -0.05) is 5.16 Å².